The van der Waals surface area contributed by atoms with Crippen LogP contribution in [0.4, 0.5) is 4.79 Å². The number of methoxy groups -OCH3 is 2. The van der Waals surface area contributed by atoms with Crippen molar-refractivity contribution in [3.63, 3.8) is 0 Å². The minimum Gasteiger partial charge on any atom is -0.497 e. The second kappa shape index (κ2) is 12.5. The van der Waals surface area contributed by atoms with Crippen LogP contribution in [0.1, 0.15) is 31.9 Å². The Kier molecular flexibility index (Phi) is 9.46. The fourth-order valence-corrected chi connectivity index (χ4v) is 4.35. The third kappa shape index (κ3) is 8.18. The third-order valence-electron chi connectivity index (χ3n) is 5.26. The van der Waals surface area contributed by atoms with Crippen molar-refractivity contribution in [2.24, 2.45) is 0 Å². The molecule has 0 saturated heterocycles. The Morgan fingerprint density at radius 2 is 1.38 bits per heavy atom. The Balaban J connectivity index is 1.85. The molecule has 198 valence electrons. The zero-order valence-electron chi connectivity index (χ0n) is 21.8. The zero-order valence-corrected chi connectivity index (χ0v) is 22.6. The van der Waals surface area contributed by atoms with E-state index in [1.165, 1.54) is 22.4 Å². The monoisotopic (exact) mass is 527 g/mol. The van der Waals surface area contributed by atoms with Gasteiger partial charge in [-0.15, -0.1) is 11.8 Å². The highest BCUT2D eigenvalue weighted by molar-refractivity contribution is 7.99. The molecule has 0 aliphatic heterocycles. The van der Waals surface area contributed by atoms with E-state index in [9.17, 15) is 14.4 Å². The molecule has 0 aliphatic rings. The summed E-state index contributed by atoms with van der Waals surface area (Å²) in [5, 5.41) is 3.21. The fourth-order valence-electron chi connectivity index (χ4n) is 3.46. The Labute approximate surface area is 220 Å². The Morgan fingerprint density at radius 3 is 1.86 bits per heavy atom. The highest BCUT2D eigenvalue weighted by Crippen LogP contribution is 2.18. The van der Waals surface area contributed by atoms with Crippen molar-refractivity contribution in [2.45, 2.75) is 44.5 Å². The molecule has 9 nitrogen and oxygen atoms in total. The van der Waals surface area contributed by atoms with E-state index < -0.39 is 22.9 Å². The van der Waals surface area contributed by atoms with Crippen LogP contribution >= 0.6 is 11.8 Å². The van der Waals surface area contributed by atoms with Crippen LogP contribution in [-0.4, -0.2) is 47.3 Å². The van der Waals surface area contributed by atoms with E-state index in [2.05, 4.69) is 5.32 Å². The molecule has 0 unspecified atom stereocenters. The quantitative estimate of drug-likeness (QED) is 0.244. The molecule has 1 N–H and O–H groups in total. The molecule has 0 spiro atoms. The lowest BCUT2D eigenvalue weighted by molar-refractivity contribution is 0.0531. The highest BCUT2D eigenvalue weighted by atomic mass is 32.2. The summed E-state index contributed by atoms with van der Waals surface area (Å²) < 4.78 is 18.5. The van der Waals surface area contributed by atoms with Crippen LogP contribution in [0.5, 0.6) is 11.5 Å². The molecule has 10 heteroatoms. The summed E-state index contributed by atoms with van der Waals surface area (Å²) in [4.78, 5) is 38.4. The maximum atomic E-state index is 13.5. The van der Waals surface area contributed by atoms with Gasteiger partial charge in [-0.1, -0.05) is 24.3 Å². The van der Waals surface area contributed by atoms with Gasteiger partial charge in [-0.05, 0) is 56.2 Å². The number of nitrogens with zero attached hydrogens (tertiary/aromatic N) is 2. The molecule has 2 aromatic carbocycles. The van der Waals surface area contributed by atoms with Crippen LogP contribution in [0.25, 0.3) is 0 Å². The van der Waals surface area contributed by atoms with E-state index in [-0.39, 0.29) is 13.1 Å². The molecule has 1 aromatic heterocycles. The first-order chi connectivity index (χ1) is 17.6. The van der Waals surface area contributed by atoms with Crippen molar-refractivity contribution >= 4 is 17.9 Å². The maximum Gasteiger partial charge on any atom is 0.407 e. The number of rotatable bonds is 10. The minimum absolute atomic E-state index is 0.134. The largest absolute Gasteiger partial charge is 0.497 e. The Hall–Kier alpha value is -3.66. The number of carbonyl (C=O) groups excluding carboxylic acids is 1. The number of ether oxygens (including phenoxy) is 3. The van der Waals surface area contributed by atoms with Crippen LogP contribution in [0.15, 0.2) is 69.2 Å². The normalized spacial score (nSPS) is 11.2. The molecule has 0 bridgehead atoms. The standard InChI is InChI=1S/C27H33N3O6S/c1-27(2,3)36-25(32)28-14-15-37-24-16-23(31)29(17-19-6-10-21(34-4)11-7-19)26(33)30(24)18-20-8-12-22(35-5)13-9-20/h6-13,16H,14-15,17-18H2,1-5H3,(H,28,32). The third-order valence-corrected chi connectivity index (χ3v) is 6.30. The predicted molar refractivity (Wildman–Crippen MR) is 144 cm³/mol. The first kappa shape index (κ1) is 27.9. The van der Waals surface area contributed by atoms with Crippen LogP contribution in [-0.2, 0) is 17.8 Å². The molecular weight excluding hydrogens is 494 g/mol. The number of hydrogen-bond acceptors (Lipinski definition) is 7. The summed E-state index contributed by atoms with van der Waals surface area (Å²) in [6.07, 6.45) is -0.515. The summed E-state index contributed by atoms with van der Waals surface area (Å²) in [5.41, 5.74) is 0.283. The smallest absolute Gasteiger partial charge is 0.407 e. The zero-order chi connectivity index (χ0) is 27.0. The average Bonchev–Trinajstić information content (AvgIpc) is 2.86. The minimum atomic E-state index is -0.593. The van der Waals surface area contributed by atoms with Gasteiger partial charge < -0.3 is 19.5 Å². The van der Waals surface area contributed by atoms with Crippen LogP contribution in [0.2, 0.25) is 0 Å². The molecule has 0 aliphatic carbocycles. The van der Waals surface area contributed by atoms with Crippen LogP contribution in [0.3, 0.4) is 0 Å². The van der Waals surface area contributed by atoms with Gasteiger partial charge in [0.15, 0.2) is 0 Å². The summed E-state index contributed by atoms with van der Waals surface area (Å²) in [6, 6.07) is 16.1. The second-order valence-electron chi connectivity index (χ2n) is 9.25. The van der Waals surface area contributed by atoms with Gasteiger partial charge in [0.2, 0.25) is 0 Å². The van der Waals surface area contributed by atoms with Crippen molar-refractivity contribution in [3.05, 3.63) is 86.6 Å². The number of hydrogen-bond donors (Lipinski definition) is 1. The number of thioether (sulfide) groups is 1. The molecule has 0 fully saturated rings. The fraction of sp³-hybridized carbons (Fsp3) is 0.370. The molecule has 0 atom stereocenters. The summed E-state index contributed by atoms with van der Waals surface area (Å²) in [5.74, 6) is 1.85. The van der Waals surface area contributed by atoms with Crippen LogP contribution in [0, 0.1) is 0 Å². The number of alkyl carbamates (subject to hydrolysis) is 1. The van der Waals surface area contributed by atoms with Crippen molar-refractivity contribution < 1.29 is 19.0 Å². The molecule has 3 aromatic rings. The van der Waals surface area contributed by atoms with Gasteiger partial charge in [-0.25, -0.2) is 9.59 Å². The lowest BCUT2D eigenvalue weighted by Crippen LogP contribution is -2.40. The molecule has 1 heterocycles. The van der Waals surface area contributed by atoms with Crippen molar-refractivity contribution in [2.75, 3.05) is 26.5 Å². The number of benzene rings is 2. The molecule has 37 heavy (non-hydrogen) atoms. The predicted octanol–water partition coefficient (Wildman–Crippen LogP) is 3.74. The SMILES string of the molecule is COc1ccc(Cn2c(SCCNC(=O)OC(C)(C)C)cc(=O)n(Cc3ccc(OC)cc3)c2=O)cc1. The van der Waals surface area contributed by atoms with E-state index in [0.717, 1.165) is 11.1 Å². The summed E-state index contributed by atoms with van der Waals surface area (Å²) in [6.45, 7) is 6.09. The summed E-state index contributed by atoms with van der Waals surface area (Å²) >= 11 is 1.32. The van der Waals surface area contributed by atoms with Gasteiger partial charge >= 0.3 is 11.8 Å². The number of amides is 1. The average molecular weight is 528 g/mol. The van der Waals surface area contributed by atoms with Gasteiger partial charge in [-0.3, -0.25) is 13.9 Å². The first-order valence-electron chi connectivity index (χ1n) is 11.8. The molecule has 1 amide bonds. The lowest BCUT2D eigenvalue weighted by Gasteiger charge is -2.19. The van der Waals surface area contributed by atoms with Crippen molar-refractivity contribution in [1.82, 2.24) is 14.5 Å². The van der Waals surface area contributed by atoms with Crippen molar-refractivity contribution in [1.29, 1.82) is 0 Å². The number of nitrogens with one attached hydrogen (secondary N) is 1. The topological polar surface area (TPSA) is 101 Å². The van der Waals surface area contributed by atoms with Gasteiger partial charge in [0.05, 0.1) is 32.3 Å². The Morgan fingerprint density at radius 1 is 0.865 bits per heavy atom. The van der Waals surface area contributed by atoms with Gasteiger partial charge in [0.25, 0.3) is 5.56 Å². The lowest BCUT2D eigenvalue weighted by atomic mass is 10.2. The van der Waals surface area contributed by atoms with Gasteiger partial charge in [0.1, 0.15) is 17.1 Å². The highest BCUT2D eigenvalue weighted by Gasteiger charge is 2.16. The molecular formula is C27H33N3O6S. The van der Waals surface area contributed by atoms with Gasteiger partial charge in [-0.2, -0.15) is 0 Å². The maximum absolute atomic E-state index is 13.5. The molecule has 0 radical (unpaired) electrons. The summed E-state index contributed by atoms with van der Waals surface area (Å²) in [7, 11) is 3.17. The van der Waals surface area contributed by atoms with E-state index in [0.29, 0.717) is 28.8 Å². The Bertz CT molecular complexity index is 1310. The first-order valence-corrected chi connectivity index (χ1v) is 12.8. The molecule has 3 rings (SSSR count). The number of aromatic nitrogens is 2. The molecule has 0 saturated carbocycles. The van der Waals surface area contributed by atoms with Crippen molar-refractivity contribution in [3.8, 4) is 11.5 Å². The van der Waals surface area contributed by atoms with Gasteiger partial charge in [0, 0.05) is 18.4 Å². The number of carbonyl (C=O) groups is 1. The van der Waals surface area contributed by atoms with E-state index in [1.807, 2.05) is 36.4 Å². The van der Waals surface area contributed by atoms with E-state index in [4.69, 9.17) is 14.2 Å². The van der Waals surface area contributed by atoms with Crippen LogP contribution < -0.4 is 26.0 Å². The van der Waals surface area contributed by atoms with E-state index >= 15 is 0 Å². The second-order valence-corrected chi connectivity index (χ2v) is 10.4. The van der Waals surface area contributed by atoms with E-state index in [1.54, 1.807) is 51.7 Å².